The summed E-state index contributed by atoms with van der Waals surface area (Å²) in [7, 11) is 0. The molecule has 2 nitrogen and oxygen atoms in total. The van der Waals surface area contributed by atoms with E-state index in [2.05, 4.69) is 103 Å². The van der Waals surface area contributed by atoms with Gasteiger partial charge in [-0.05, 0) is 75.3 Å². The van der Waals surface area contributed by atoms with Crippen molar-refractivity contribution in [2.45, 2.75) is 72.6 Å². The predicted octanol–water partition coefficient (Wildman–Crippen LogP) is 8.35. The zero-order valence-corrected chi connectivity index (χ0v) is 21.5. The maximum absolute atomic E-state index is 13.0. The van der Waals surface area contributed by atoms with Crippen LogP contribution in [-0.4, -0.2) is 12.6 Å². The van der Waals surface area contributed by atoms with Gasteiger partial charge in [-0.15, -0.1) is 0 Å². The van der Waals surface area contributed by atoms with Crippen LogP contribution < -0.4 is 0 Å². The summed E-state index contributed by atoms with van der Waals surface area (Å²) in [5.74, 6) is -0.275. The molecule has 0 bridgehead atoms. The summed E-state index contributed by atoms with van der Waals surface area (Å²) >= 11 is 0. The van der Waals surface area contributed by atoms with Crippen LogP contribution in [0.2, 0.25) is 0 Å². The van der Waals surface area contributed by atoms with Crippen LogP contribution in [0.15, 0.2) is 60.7 Å². The van der Waals surface area contributed by atoms with Crippen LogP contribution in [0.4, 0.5) is 0 Å². The molecule has 2 heteroatoms. The minimum Gasteiger partial charge on any atom is -0.462 e. The van der Waals surface area contributed by atoms with E-state index < -0.39 is 0 Å². The summed E-state index contributed by atoms with van der Waals surface area (Å²) in [5.41, 5.74) is 8.78. The van der Waals surface area contributed by atoms with Crippen molar-refractivity contribution in [1.29, 1.82) is 0 Å². The van der Waals surface area contributed by atoms with Gasteiger partial charge in [0.25, 0.3) is 0 Å². The largest absolute Gasteiger partial charge is 0.462 e. The Labute approximate surface area is 200 Å². The van der Waals surface area contributed by atoms with Crippen LogP contribution in [0, 0.1) is 0 Å². The van der Waals surface area contributed by atoms with E-state index in [-0.39, 0.29) is 16.8 Å². The maximum Gasteiger partial charge on any atom is 0.338 e. The molecular weight excluding hydrogens is 404 g/mol. The number of hydrogen-bond acceptors (Lipinski definition) is 2. The highest BCUT2D eigenvalue weighted by Gasteiger charge is 2.20. The molecular formula is C31H38O2. The van der Waals surface area contributed by atoms with Crippen molar-refractivity contribution >= 4 is 5.97 Å². The molecule has 0 unspecified atom stereocenters. The summed E-state index contributed by atoms with van der Waals surface area (Å²) in [5, 5.41) is 0. The quantitative estimate of drug-likeness (QED) is 0.371. The van der Waals surface area contributed by atoms with Crippen molar-refractivity contribution in [2.24, 2.45) is 0 Å². The Kier molecular flexibility index (Phi) is 7.17. The second kappa shape index (κ2) is 9.55. The first-order valence-corrected chi connectivity index (χ1v) is 12.0. The summed E-state index contributed by atoms with van der Waals surface area (Å²) in [6.45, 7) is 17.7. The molecule has 0 saturated heterocycles. The smallest absolute Gasteiger partial charge is 0.338 e. The molecule has 0 N–H and O–H groups in total. The zero-order chi connectivity index (χ0) is 24.4. The van der Waals surface area contributed by atoms with Gasteiger partial charge in [0.1, 0.15) is 0 Å². The van der Waals surface area contributed by atoms with Gasteiger partial charge < -0.3 is 4.74 Å². The molecule has 0 radical (unpaired) electrons. The summed E-state index contributed by atoms with van der Waals surface area (Å²) < 4.78 is 5.46. The predicted molar refractivity (Wildman–Crippen MR) is 140 cm³/mol. The van der Waals surface area contributed by atoms with Gasteiger partial charge in [0.15, 0.2) is 0 Å². The van der Waals surface area contributed by atoms with Crippen LogP contribution in [0.25, 0.3) is 22.3 Å². The minimum atomic E-state index is -0.275. The SMILES string of the molecule is CCOC(=O)c1cc(-c2ccc(C(C)(C)C)cc2)c(CC)cc1-c1ccc(C(C)(C)C)cc1. The maximum atomic E-state index is 13.0. The lowest BCUT2D eigenvalue weighted by atomic mass is 9.84. The summed E-state index contributed by atoms with van der Waals surface area (Å²) in [6, 6.07) is 21.5. The fourth-order valence-electron chi connectivity index (χ4n) is 4.12. The molecule has 33 heavy (non-hydrogen) atoms. The Bertz CT molecular complexity index is 1110. The molecule has 0 fully saturated rings. The van der Waals surface area contributed by atoms with Gasteiger partial charge in [-0.1, -0.05) is 97.0 Å². The molecule has 0 heterocycles. The number of aryl methyl sites for hydroxylation is 1. The van der Waals surface area contributed by atoms with E-state index in [0.717, 1.165) is 28.7 Å². The van der Waals surface area contributed by atoms with Crippen LogP contribution in [0.1, 0.15) is 82.4 Å². The number of carbonyl (C=O) groups is 1. The van der Waals surface area contributed by atoms with E-state index >= 15 is 0 Å². The molecule has 0 aliphatic carbocycles. The second-order valence-corrected chi connectivity index (χ2v) is 10.8. The van der Waals surface area contributed by atoms with Crippen molar-refractivity contribution in [3.05, 3.63) is 82.9 Å². The van der Waals surface area contributed by atoms with Gasteiger partial charge in [-0.2, -0.15) is 0 Å². The van der Waals surface area contributed by atoms with E-state index in [0.29, 0.717) is 12.2 Å². The number of hydrogen-bond donors (Lipinski definition) is 0. The van der Waals surface area contributed by atoms with Crippen molar-refractivity contribution < 1.29 is 9.53 Å². The Morgan fingerprint density at radius 2 is 1.15 bits per heavy atom. The average molecular weight is 443 g/mol. The highest BCUT2D eigenvalue weighted by atomic mass is 16.5. The lowest BCUT2D eigenvalue weighted by molar-refractivity contribution is 0.0527. The molecule has 0 aromatic heterocycles. The van der Waals surface area contributed by atoms with Gasteiger partial charge in [-0.3, -0.25) is 0 Å². The Morgan fingerprint density at radius 1 is 0.697 bits per heavy atom. The molecule has 3 aromatic rings. The summed E-state index contributed by atoms with van der Waals surface area (Å²) in [6.07, 6.45) is 0.881. The lowest BCUT2D eigenvalue weighted by Crippen LogP contribution is -2.11. The average Bonchev–Trinajstić information content (AvgIpc) is 2.77. The first kappa shape index (κ1) is 24.8. The van der Waals surface area contributed by atoms with E-state index in [4.69, 9.17) is 4.74 Å². The second-order valence-electron chi connectivity index (χ2n) is 10.8. The molecule has 0 atom stereocenters. The first-order chi connectivity index (χ1) is 15.5. The van der Waals surface area contributed by atoms with Crippen molar-refractivity contribution in [2.75, 3.05) is 6.61 Å². The normalized spacial score (nSPS) is 12.0. The van der Waals surface area contributed by atoms with Gasteiger partial charge >= 0.3 is 5.97 Å². The van der Waals surface area contributed by atoms with Gasteiger partial charge in [0.05, 0.1) is 12.2 Å². The van der Waals surface area contributed by atoms with Gasteiger partial charge in [0, 0.05) is 0 Å². The minimum absolute atomic E-state index is 0.0835. The number of ether oxygens (including phenoxy) is 1. The first-order valence-electron chi connectivity index (χ1n) is 12.0. The fraction of sp³-hybridized carbons (Fsp3) is 0.387. The van der Waals surface area contributed by atoms with Crippen molar-refractivity contribution in [1.82, 2.24) is 0 Å². The third-order valence-corrected chi connectivity index (χ3v) is 6.24. The molecule has 0 aliphatic heterocycles. The number of esters is 1. The Morgan fingerprint density at radius 3 is 1.55 bits per heavy atom. The monoisotopic (exact) mass is 442 g/mol. The van der Waals surface area contributed by atoms with Gasteiger partial charge in [0.2, 0.25) is 0 Å². The number of carbonyl (C=O) groups excluding carboxylic acids is 1. The molecule has 0 amide bonds. The Balaban J connectivity index is 2.16. The molecule has 0 aliphatic rings. The highest BCUT2D eigenvalue weighted by molar-refractivity contribution is 5.99. The highest BCUT2D eigenvalue weighted by Crippen LogP contribution is 2.35. The van der Waals surface area contributed by atoms with Crippen molar-refractivity contribution in [3.8, 4) is 22.3 Å². The van der Waals surface area contributed by atoms with E-state index in [1.807, 2.05) is 13.0 Å². The van der Waals surface area contributed by atoms with E-state index in [1.165, 1.54) is 16.7 Å². The fourth-order valence-corrected chi connectivity index (χ4v) is 4.12. The third-order valence-electron chi connectivity index (χ3n) is 6.24. The van der Waals surface area contributed by atoms with E-state index in [9.17, 15) is 4.79 Å². The Hall–Kier alpha value is -2.87. The summed E-state index contributed by atoms with van der Waals surface area (Å²) in [4.78, 5) is 13.0. The lowest BCUT2D eigenvalue weighted by Gasteiger charge is -2.21. The van der Waals surface area contributed by atoms with Gasteiger partial charge in [-0.25, -0.2) is 4.79 Å². The van der Waals surface area contributed by atoms with Crippen molar-refractivity contribution in [3.63, 3.8) is 0 Å². The third kappa shape index (κ3) is 5.55. The van der Waals surface area contributed by atoms with Crippen LogP contribution in [0.5, 0.6) is 0 Å². The topological polar surface area (TPSA) is 26.3 Å². The number of rotatable bonds is 5. The molecule has 0 saturated carbocycles. The molecule has 3 aromatic carbocycles. The zero-order valence-electron chi connectivity index (χ0n) is 21.5. The van der Waals surface area contributed by atoms with Crippen LogP contribution in [-0.2, 0) is 22.0 Å². The van der Waals surface area contributed by atoms with Crippen LogP contribution >= 0.6 is 0 Å². The van der Waals surface area contributed by atoms with E-state index in [1.54, 1.807) is 0 Å². The molecule has 3 rings (SSSR count). The molecule has 174 valence electrons. The number of benzene rings is 3. The van der Waals surface area contributed by atoms with Crippen LogP contribution in [0.3, 0.4) is 0 Å². The standard InChI is InChI=1S/C31H38O2/c1-9-21-19-27(23-13-17-25(18-14-23)31(6,7)8)28(29(32)33-10-2)20-26(21)22-11-15-24(16-12-22)30(3,4)5/h11-20H,9-10H2,1-8H3. The molecule has 0 spiro atoms.